The normalized spacial score (nSPS) is 11.7. The quantitative estimate of drug-likeness (QED) is 0.654. The van der Waals surface area contributed by atoms with Crippen molar-refractivity contribution in [2.45, 2.75) is 26.9 Å². The number of aromatic nitrogens is 1. The first-order valence-electron chi connectivity index (χ1n) is 8.72. The summed E-state index contributed by atoms with van der Waals surface area (Å²) in [5, 5.41) is 6.49. The average Bonchev–Trinajstić information content (AvgIpc) is 3.01. The molecule has 0 saturated carbocycles. The van der Waals surface area contributed by atoms with Gasteiger partial charge in [-0.15, -0.1) is 0 Å². The Labute approximate surface area is 162 Å². The van der Waals surface area contributed by atoms with Crippen LogP contribution in [0.3, 0.4) is 0 Å². The molecule has 0 aliphatic carbocycles. The van der Waals surface area contributed by atoms with Gasteiger partial charge < -0.3 is 20.3 Å². The number of nitrogens with one attached hydrogen (secondary N) is 1. The Bertz CT molecular complexity index is 992. The lowest BCUT2D eigenvalue weighted by atomic mass is 10.1. The van der Waals surface area contributed by atoms with Crippen LogP contribution in [0.4, 0.5) is 11.6 Å². The standard InChI is InChI=1S/C21H21N3O4/c1-12-9-10-13(2)16(11-12)23-20(25)18(15-7-5-4-6-8-15)27-21(26)17-14(3)24-28-19(17)22/h4-11,18H,22H2,1-3H3,(H,23,25). The van der Waals surface area contributed by atoms with Crippen molar-refractivity contribution in [2.24, 2.45) is 0 Å². The van der Waals surface area contributed by atoms with E-state index in [1.54, 1.807) is 31.2 Å². The predicted octanol–water partition coefficient (Wildman–Crippen LogP) is 3.72. The van der Waals surface area contributed by atoms with Crippen LogP contribution >= 0.6 is 0 Å². The summed E-state index contributed by atoms with van der Waals surface area (Å²) in [7, 11) is 0. The first-order valence-corrected chi connectivity index (χ1v) is 8.72. The van der Waals surface area contributed by atoms with Gasteiger partial charge in [0.25, 0.3) is 5.91 Å². The largest absolute Gasteiger partial charge is 0.443 e. The molecular weight excluding hydrogens is 358 g/mol. The van der Waals surface area contributed by atoms with Crippen LogP contribution in [0.15, 0.2) is 53.1 Å². The summed E-state index contributed by atoms with van der Waals surface area (Å²) in [5.74, 6) is -1.40. The highest BCUT2D eigenvalue weighted by Crippen LogP contribution is 2.25. The highest BCUT2D eigenvalue weighted by atomic mass is 16.6. The van der Waals surface area contributed by atoms with E-state index in [4.69, 9.17) is 15.0 Å². The number of anilines is 2. The van der Waals surface area contributed by atoms with Crippen molar-refractivity contribution in [3.63, 3.8) is 0 Å². The molecule has 0 bridgehead atoms. The predicted molar refractivity (Wildman–Crippen MR) is 105 cm³/mol. The molecule has 1 aromatic heterocycles. The van der Waals surface area contributed by atoms with Crippen molar-refractivity contribution in [1.82, 2.24) is 5.16 Å². The Morgan fingerprint density at radius 2 is 1.82 bits per heavy atom. The zero-order valence-electron chi connectivity index (χ0n) is 15.9. The van der Waals surface area contributed by atoms with E-state index in [9.17, 15) is 9.59 Å². The average molecular weight is 379 g/mol. The number of nitrogens with two attached hydrogens (primary N) is 1. The number of nitrogens with zero attached hydrogens (tertiary/aromatic N) is 1. The van der Waals surface area contributed by atoms with Gasteiger partial charge in [-0.2, -0.15) is 0 Å². The van der Waals surface area contributed by atoms with Gasteiger partial charge in [0.15, 0.2) is 0 Å². The van der Waals surface area contributed by atoms with E-state index >= 15 is 0 Å². The van der Waals surface area contributed by atoms with Gasteiger partial charge in [0.2, 0.25) is 12.0 Å². The SMILES string of the molecule is Cc1ccc(C)c(NC(=O)C(OC(=O)c2c(C)noc2N)c2ccccc2)c1. The van der Waals surface area contributed by atoms with Crippen molar-refractivity contribution in [2.75, 3.05) is 11.1 Å². The number of amides is 1. The Morgan fingerprint density at radius 1 is 1.11 bits per heavy atom. The second-order valence-electron chi connectivity index (χ2n) is 6.51. The fourth-order valence-electron chi connectivity index (χ4n) is 2.77. The molecule has 3 N–H and O–H groups in total. The summed E-state index contributed by atoms with van der Waals surface area (Å²) in [6, 6.07) is 14.5. The van der Waals surface area contributed by atoms with Crippen LogP contribution in [-0.2, 0) is 9.53 Å². The summed E-state index contributed by atoms with van der Waals surface area (Å²) in [6.45, 7) is 5.39. The van der Waals surface area contributed by atoms with E-state index < -0.39 is 18.0 Å². The molecule has 0 aliphatic rings. The summed E-state index contributed by atoms with van der Waals surface area (Å²) < 4.78 is 10.3. The van der Waals surface area contributed by atoms with Crippen LogP contribution < -0.4 is 11.1 Å². The van der Waals surface area contributed by atoms with Gasteiger partial charge >= 0.3 is 5.97 Å². The topological polar surface area (TPSA) is 107 Å². The second-order valence-corrected chi connectivity index (χ2v) is 6.51. The molecule has 3 rings (SSSR count). The molecule has 0 radical (unpaired) electrons. The highest BCUT2D eigenvalue weighted by molar-refractivity contribution is 6.00. The number of carbonyl (C=O) groups excluding carboxylic acids is 2. The van der Waals surface area contributed by atoms with Crippen molar-refractivity contribution in [3.8, 4) is 0 Å². The Kier molecular flexibility index (Phi) is 5.44. The highest BCUT2D eigenvalue weighted by Gasteiger charge is 2.29. The number of esters is 1. The zero-order chi connectivity index (χ0) is 20.3. The van der Waals surface area contributed by atoms with E-state index in [1.165, 1.54) is 0 Å². The lowest BCUT2D eigenvalue weighted by molar-refractivity contribution is -0.125. The van der Waals surface area contributed by atoms with Crippen molar-refractivity contribution >= 4 is 23.4 Å². The number of carbonyl (C=O) groups is 2. The summed E-state index contributed by atoms with van der Waals surface area (Å²) in [5.41, 5.74) is 9.06. The minimum atomic E-state index is -1.16. The number of ether oxygens (including phenoxy) is 1. The van der Waals surface area contributed by atoms with Gasteiger partial charge in [-0.25, -0.2) is 4.79 Å². The molecule has 3 aromatic rings. The fraction of sp³-hybridized carbons (Fsp3) is 0.190. The summed E-state index contributed by atoms with van der Waals surface area (Å²) >= 11 is 0. The molecular formula is C21H21N3O4. The second kappa shape index (κ2) is 7.96. The van der Waals surface area contributed by atoms with Gasteiger partial charge in [-0.1, -0.05) is 47.6 Å². The van der Waals surface area contributed by atoms with Gasteiger partial charge in [-0.05, 0) is 38.0 Å². The molecule has 1 amide bonds. The van der Waals surface area contributed by atoms with Crippen LogP contribution in [0.25, 0.3) is 0 Å². The maximum atomic E-state index is 13.0. The number of hydrogen-bond donors (Lipinski definition) is 2. The fourth-order valence-corrected chi connectivity index (χ4v) is 2.77. The molecule has 0 aliphatic heterocycles. The minimum absolute atomic E-state index is 0.0143. The first kappa shape index (κ1) is 19.2. The van der Waals surface area contributed by atoms with Crippen molar-refractivity contribution in [1.29, 1.82) is 0 Å². The Morgan fingerprint density at radius 3 is 2.46 bits per heavy atom. The lowest BCUT2D eigenvalue weighted by Crippen LogP contribution is -2.26. The van der Waals surface area contributed by atoms with Gasteiger partial charge in [0.1, 0.15) is 5.56 Å². The third kappa shape index (κ3) is 4.03. The van der Waals surface area contributed by atoms with E-state index in [0.717, 1.165) is 11.1 Å². The van der Waals surface area contributed by atoms with E-state index in [2.05, 4.69) is 10.5 Å². The molecule has 1 unspecified atom stereocenters. The Hall–Kier alpha value is -3.61. The third-order valence-electron chi connectivity index (χ3n) is 4.31. The number of rotatable bonds is 5. The van der Waals surface area contributed by atoms with Crippen molar-refractivity contribution < 1.29 is 18.8 Å². The molecule has 0 saturated heterocycles. The van der Waals surface area contributed by atoms with Crippen LogP contribution in [-0.4, -0.2) is 17.0 Å². The monoisotopic (exact) mass is 379 g/mol. The van der Waals surface area contributed by atoms with Crippen LogP contribution in [0.1, 0.15) is 38.8 Å². The molecule has 1 heterocycles. The summed E-state index contributed by atoms with van der Waals surface area (Å²) in [6.07, 6.45) is -1.16. The van der Waals surface area contributed by atoms with Crippen LogP contribution in [0, 0.1) is 20.8 Å². The molecule has 2 aromatic carbocycles. The number of aryl methyl sites for hydroxylation is 3. The number of hydrogen-bond acceptors (Lipinski definition) is 6. The lowest BCUT2D eigenvalue weighted by Gasteiger charge is -2.19. The maximum absolute atomic E-state index is 13.0. The van der Waals surface area contributed by atoms with E-state index in [1.807, 2.05) is 38.1 Å². The molecule has 1 atom stereocenters. The molecule has 144 valence electrons. The smallest absolute Gasteiger partial charge is 0.346 e. The first-order chi connectivity index (χ1) is 13.4. The molecule has 28 heavy (non-hydrogen) atoms. The van der Waals surface area contributed by atoms with E-state index in [0.29, 0.717) is 16.9 Å². The zero-order valence-corrected chi connectivity index (χ0v) is 15.9. The molecule has 0 fully saturated rings. The number of benzene rings is 2. The van der Waals surface area contributed by atoms with Gasteiger partial charge in [0, 0.05) is 11.3 Å². The maximum Gasteiger partial charge on any atom is 0.346 e. The molecule has 7 heteroatoms. The van der Waals surface area contributed by atoms with Crippen molar-refractivity contribution in [3.05, 3.63) is 76.5 Å². The molecule has 7 nitrogen and oxygen atoms in total. The van der Waals surface area contributed by atoms with Crippen LogP contribution in [0.2, 0.25) is 0 Å². The van der Waals surface area contributed by atoms with E-state index in [-0.39, 0.29) is 11.4 Å². The summed E-state index contributed by atoms with van der Waals surface area (Å²) in [4.78, 5) is 25.6. The Balaban J connectivity index is 1.90. The third-order valence-corrected chi connectivity index (χ3v) is 4.31. The van der Waals surface area contributed by atoms with Gasteiger partial charge in [0.05, 0.1) is 5.69 Å². The number of nitrogen functional groups attached to an aromatic ring is 1. The van der Waals surface area contributed by atoms with Crippen LogP contribution in [0.5, 0.6) is 0 Å². The molecule has 0 spiro atoms. The van der Waals surface area contributed by atoms with Gasteiger partial charge in [-0.3, -0.25) is 4.79 Å². The minimum Gasteiger partial charge on any atom is -0.443 e.